The highest BCUT2D eigenvalue weighted by atomic mass is 16.2. The molecule has 21 heavy (non-hydrogen) atoms. The van der Waals surface area contributed by atoms with Crippen LogP contribution in [-0.2, 0) is 4.79 Å². The van der Waals surface area contributed by atoms with Crippen LogP contribution >= 0.6 is 0 Å². The number of carbonyl (C=O) groups excluding carboxylic acids is 1. The molecule has 0 spiro atoms. The second-order valence-corrected chi connectivity index (χ2v) is 6.98. The highest BCUT2D eigenvalue weighted by molar-refractivity contribution is 5.80. The minimum Gasteiger partial charge on any atom is -0.355 e. The van der Waals surface area contributed by atoms with E-state index in [4.69, 9.17) is 0 Å². The number of hydrogen-bond donors (Lipinski definition) is 2. The van der Waals surface area contributed by atoms with Gasteiger partial charge in [-0.15, -0.1) is 0 Å². The molecule has 1 amide bonds. The molecule has 3 heteroatoms. The van der Waals surface area contributed by atoms with Crippen molar-refractivity contribution in [2.24, 2.45) is 5.92 Å². The highest BCUT2D eigenvalue weighted by Crippen LogP contribution is 2.28. The molecule has 0 saturated heterocycles. The molecule has 2 aliphatic rings. The van der Waals surface area contributed by atoms with Crippen LogP contribution in [0.25, 0.3) is 0 Å². The Morgan fingerprint density at radius 1 is 0.714 bits per heavy atom. The van der Waals surface area contributed by atoms with Gasteiger partial charge in [0.15, 0.2) is 0 Å². The molecule has 0 aromatic heterocycles. The van der Waals surface area contributed by atoms with Gasteiger partial charge in [-0.25, -0.2) is 0 Å². The molecular formula is C18H34N2O. The molecule has 0 heterocycles. The van der Waals surface area contributed by atoms with Gasteiger partial charge in [-0.3, -0.25) is 4.79 Å². The van der Waals surface area contributed by atoms with Crippen molar-refractivity contribution in [1.29, 1.82) is 0 Å². The first-order valence-corrected chi connectivity index (χ1v) is 9.37. The summed E-state index contributed by atoms with van der Waals surface area (Å²) in [5.74, 6) is 0.613. The maximum absolute atomic E-state index is 11.6. The molecule has 3 nitrogen and oxygen atoms in total. The molecule has 0 unspecified atom stereocenters. The molecule has 122 valence electrons. The van der Waals surface area contributed by atoms with Crippen LogP contribution in [0.15, 0.2) is 0 Å². The van der Waals surface area contributed by atoms with Gasteiger partial charge >= 0.3 is 0 Å². The molecule has 0 aliphatic heterocycles. The lowest BCUT2D eigenvalue weighted by atomic mass is 9.98. The SMILES string of the molecule is O=C(NCCNC1CCCCCCCCCCC1)C1CC1. The normalized spacial score (nSPS) is 23.0. The average molecular weight is 294 g/mol. The Morgan fingerprint density at radius 2 is 1.24 bits per heavy atom. The fourth-order valence-electron chi connectivity index (χ4n) is 3.32. The molecule has 2 aliphatic carbocycles. The van der Waals surface area contributed by atoms with Crippen molar-refractivity contribution in [3.8, 4) is 0 Å². The van der Waals surface area contributed by atoms with Crippen LogP contribution in [0.2, 0.25) is 0 Å². The monoisotopic (exact) mass is 294 g/mol. The van der Waals surface area contributed by atoms with E-state index in [1.54, 1.807) is 0 Å². The molecule has 2 rings (SSSR count). The summed E-state index contributed by atoms with van der Waals surface area (Å²) in [5.41, 5.74) is 0. The maximum Gasteiger partial charge on any atom is 0.223 e. The first-order valence-electron chi connectivity index (χ1n) is 9.37. The van der Waals surface area contributed by atoms with Crippen LogP contribution in [0.3, 0.4) is 0 Å². The van der Waals surface area contributed by atoms with E-state index < -0.39 is 0 Å². The van der Waals surface area contributed by atoms with Crippen LogP contribution in [-0.4, -0.2) is 25.0 Å². The van der Waals surface area contributed by atoms with Crippen molar-refractivity contribution in [3.05, 3.63) is 0 Å². The fraction of sp³-hybridized carbons (Fsp3) is 0.944. The van der Waals surface area contributed by atoms with E-state index in [1.807, 2.05) is 0 Å². The van der Waals surface area contributed by atoms with Crippen molar-refractivity contribution < 1.29 is 4.79 Å². The lowest BCUT2D eigenvalue weighted by Crippen LogP contribution is -2.37. The molecule has 0 aromatic carbocycles. The van der Waals surface area contributed by atoms with E-state index >= 15 is 0 Å². The number of rotatable bonds is 5. The number of nitrogens with one attached hydrogen (secondary N) is 2. The molecule has 2 fully saturated rings. The highest BCUT2D eigenvalue weighted by Gasteiger charge is 2.28. The number of hydrogen-bond acceptors (Lipinski definition) is 2. The van der Waals surface area contributed by atoms with E-state index in [2.05, 4.69) is 10.6 Å². The van der Waals surface area contributed by atoms with Gasteiger partial charge in [0.1, 0.15) is 0 Å². The quantitative estimate of drug-likeness (QED) is 0.758. The first kappa shape index (κ1) is 16.8. The predicted molar refractivity (Wildman–Crippen MR) is 88.3 cm³/mol. The van der Waals surface area contributed by atoms with Gasteiger partial charge in [-0.1, -0.05) is 57.8 Å². The van der Waals surface area contributed by atoms with E-state index in [1.165, 1.54) is 70.6 Å². The van der Waals surface area contributed by atoms with Crippen molar-refractivity contribution in [2.75, 3.05) is 13.1 Å². The summed E-state index contributed by atoms with van der Waals surface area (Å²) in [7, 11) is 0. The topological polar surface area (TPSA) is 41.1 Å². The summed E-state index contributed by atoms with van der Waals surface area (Å²) >= 11 is 0. The van der Waals surface area contributed by atoms with Gasteiger partial charge in [0, 0.05) is 25.0 Å². The van der Waals surface area contributed by atoms with Crippen LogP contribution in [0, 0.1) is 5.92 Å². The predicted octanol–water partition coefficient (Wildman–Crippen LogP) is 3.78. The lowest BCUT2D eigenvalue weighted by Gasteiger charge is -2.19. The Kier molecular flexibility index (Phi) is 8.16. The van der Waals surface area contributed by atoms with Gasteiger partial charge in [0.2, 0.25) is 5.91 Å². The summed E-state index contributed by atoms with van der Waals surface area (Å²) in [6, 6.07) is 0.669. The Bertz CT molecular complexity index is 277. The molecule has 0 aromatic rings. The first-order chi connectivity index (χ1) is 10.4. The van der Waals surface area contributed by atoms with Gasteiger partial charge in [-0.2, -0.15) is 0 Å². The maximum atomic E-state index is 11.6. The molecular weight excluding hydrogens is 260 g/mol. The second-order valence-electron chi connectivity index (χ2n) is 6.98. The number of amides is 1. The van der Waals surface area contributed by atoms with E-state index in [9.17, 15) is 4.79 Å². The third-order valence-electron chi connectivity index (χ3n) is 4.91. The van der Waals surface area contributed by atoms with Gasteiger partial charge < -0.3 is 10.6 Å². The van der Waals surface area contributed by atoms with Crippen molar-refractivity contribution >= 4 is 5.91 Å². The minimum absolute atomic E-state index is 0.274. The Balaban J connectivity index is 1.57. The van der Waals surface area contributed by atoms with Crippen molar-refractivity contribution in [2.45, 2.75) is 89.5 Å². The van der Waals surface area contributed by atoms with Crippen LogP contribution in [0.4, 0.5) is 0 Å². The summed E-state index contributed by atoms with van der Waals surface area (Å²) < 4.78 is 0. The average Bonchev–Trinajstić information content (AvgIpc) is 3.30. The molecule has 0 atom stereocenters. The van der Waals surface area contributed by atoms with E-state index in [-0.39, 0.29) is 5.91 Å². The zero-order chi connectivity index (χ0) is 14.8. The molecule has 2 saturated carbocycles. The third-order valence-corrected chi connectivity index (χ3v) is 4.91. The standard InChI is InChI=1S/C18H34N2O/c21-18(16-12-13-16)20-15-14-19-17-10-8-6-4-2-1-3-5-7-9-11-17/h16-17,19H,1-15H2,(H,20,21). The zero-order valence-electron chi connectivity index (χ0n) is 13.7. The van der Waals surface area contributed by atoms with E-state index in [0.717, 1.165) is 25.9 Å². The van der Waals surface area contributed by atoms with E-state index in [0.29, 0.717) is 12.0 Å². The zero-order valence-corrected chi connectivity index (χ0v) is 13.7. The van der Waals surface area contributed by atoms with Crippen molar-refractivity contribution in [1.82, 2.24) is 10.6 Å². The summed E-state index contributed by atoms with van der Waals surface area (Å²) in [6.45, 7) is 1.73. The van der Waals surface area contributed by atoms with Gasteiger partial charge in [0.25, 0.3) is 0 Å². The number of carbonyl (C=O) groups is 1. The Labute approximate surface area is 130 Å². The second kappa shape index (κ2) is 10.2. The fourth-order valence-corrected chi connectivity index (χ4v) is 3.32. The Morgan fingerprint density at radius 3 is 1.76 bits per heavy atom. The van der Waals surface area contributed by atoms with Gasteiger partial charge in [0.05, 0.1) is 0 Å². The molecule has 0 bridgehead atoms. The smallest absolute Gasteiger partial charge is 0.223 e. The van der Waals surface area contributed by atoms with Crippen LogP contribution < -0.4 is 10.6 Å². The summed E-state index contributed by atoms with van der Waals surface area (Å²) in [6.07, 6.45) is 17.5. The third kappa shape index (κ3) is 7.85. The van der Waals surface area contributed by atoms with Crippen LogP contribution in [0.1, 0.15) is 83.5 Å². The molecule has 0 radical (unpaired) electrons. The lowest BCUT2D eigenvalue weighted by molar-refractivity contribution is -0.122. The largest absolute Gasteiger partial charge is 0.355 e. The van der Waals surface area contributed by atoms with Gasteiger partial charge in [-0.05, 0) is 25.7 Å². The summed E-state index contributed by atoms with van der Waals surface area (Å²) in [4.78, 5) is 11.6. The Hall–Kier alpha value is -0.570. The molecule has 2 N–H and O–H groups in total. The van der Waals surface area contributed by atoms with Crippen LogP contribution in [0.5, 0.6) is 0 Å². The minimum atomic E-state index is 0.274. The summed E-state index contributed by atoms with van der Waals surface area (Å²) in [5, 5.41) is 6.72. The van der Waals surface area contributed by atoms with Crippen molar-refractivity contribution in [3.63, 3.8) is 0 Å².